The molecule has 0 radical (unpaired) electrons. The lowest BCUT2D eigenvalue weighted by Crippen LogP contribution is -2.02. The lowest BCUT2D eigenvalue weighted by molar-refractivity contribution is 0.385. The standard InChI is InChI=1S/C20H21FN2.C7H14/c1-5-6-16(20-14(4)19(23)8-7-18(20)21)17-10-15(11-22)12(2)9-13(17)3;1-7-5-3-2-4-6-7/h6-10H,5,23H2,1-4H3;7H,2-6H2,1H3/b16-6+;. The fraction of sp³-hybridized carbons (Fsp3) is 0.444. The van der Waals surface area contributed by atoms with Crippen LogP contribution < -0.4 is 5.73 Å². The molecule has 1 saturated carbocycles. The van der Waals surface area contributed by atoms with Crippen LogP contribution in [0.2, 0.25) is 0 Å². The molecule has 1 fully saturated rings. The molecular formula is C27H35FN2. The molecule has 3 rings (SSSR count). The predicted octanol–water partition coefficient (Wildman–Crippen LogP) is 7.63. The molecular weight excluding hydrogens is 371 g/mol. The van der Waals surface area contributed by atoms with E-state index < -0.39 is 0 Å². The lowest BCUT2D eigenvalue weighted by Gasteiger charge is -2.17. The number of hydrogen-bond donors (Lipinski definition) is 1. The molecule has 3 heteroatoms. The van der Waals surface area contributed by atoms with E-state index in [1.54, 1.807) is 6.07 Å². The second-order valence-corrected chi connectivity index (χ2v) is 8.50. The van der Waals surface area contributed by atoms with Gasteiger partial charge in [0.1, 0.15) is 5.82 Å². The molecule has 0 amide bonds. The molecule has 0 bridgehead atoms. The lowest BCUT2D eigenvalue weighted by atomic mass is 9.88. The van der Waals surface area contributed by atoms with Crippen LogP contribution >= 0.6 is 0 Å². The van der Waals surface area contributed by atoms with Gasteiger partial charge in [0.15, 0.2) is 0 Å². The van der Waals surface area contributed by atoms with Gasteiger partial charge in [-0.3, -0.25) is 0 Å². The van der Waals surface area contributed by atoms with E-state index in [1.807, 2.05) is 45.9 Å². The summed E-state index contributed by atoms with van der Waals surface area (Å²) in [4.78, 5) is 0. The Morgan fingerprint density at radius 2 is 1.80 bits per heavy atom. The monoisotopic (exact) mass is 406 g/mol. The van der Waals surface area contributed by atoms with Crippen LogP contribution in [-0.2, 0) is 0 Å². The van der Waals surface area contributed by atoms with E-state index in [-0.39, 0.29) is 5.82 Å². The highest BCUT2D eigenvalue weighted by atomic mass is 19.1. The minimum atomic E-state index is -0.296. The van der Waals surface area contributed by atoms with Gasteiger partial charge in [-0.2, -0.15) is 5.26 Å². The first-order valence-corrected chi connectivity index (χ1v) is 11.1. The third kappa shape index (κ3) is 5.72. The maximum atomic E-state index is 14.5. The molecule has 1 aliphatic rings. The molecule has 0 spiro atoms. The quantitative estimate of drug-likeness (QED) is 0.533. The van der Waals surface area contributed by atoms with Gasteiger partial charge in [-0.25, -0.2) is 4.39 Å². The van der Waals surface area contributed by atoms with E-state index in [4.69, 9.17) is 5.73 Å². The van der Waals surface area contributed by atoms with Crippen LogP contribution in [0.4, 0.5) is 10.1 Å². The SMILES string of the molecule is CC/C=C(\c1cc(C#N)c(C)cc1C)c1c(F)ccc(N)c1C.CC1CCCCC1. The van der Waals surface area contributed by atoms with Gasteiger partial charge in [0, 0.05) is 11.3 Å². The van der Waals surface area contributed by atoms with E-state index in [1.165, 1.54) is 38.2 Å². The van der Waals surface area contributed by atoms with Gasteiger partial charge >= 0.3 is 0 Å². The van der Waals surface area contributed by atoms with Crippen LogP contribution in [0.25, 0.3) is 5.57 Å². The van der Waals surface area contributed by atoms with Crippen molar-refractivity contribution in [1.29, 1.82) is 5.26 Å². The highest BCUT2D eigenvalue weighted by Gasteiger charge is 2.17. The molecule has 0 unspecified atom stereocenters. The summed E-state index contributed by atoms with van der Waals surface area (Å²) < 4.78 is 14.5. The molecule has 2 N–H and O–H groups in total. The number of nitrogen functional groups attached to an aromatic ring is 1. The molecule has 0 aliphatic heterocycles. The maximum absolute atomic E-state index is 14.5. The van der Waals surface area contributed by atoms with Crippen molar-refractivity contribution in [3.8, 4) is 6.07 Å². The molecule has 0 heterocycles. The Kier molecular flexibility index (Phi) is 8.66. The van der Waals surface area contributed by atoms with Gasteiger partial charge in [0.25, 0.3) is 0 Å². The molecule has 0 aromatic heterocycles. The number of rotatable bonds is 3. The summed E-state index contributed by atoms with van der Waals surface area (Å²) in [5.41, 5.74) is 12.0. The van der Waals surface area contributed by atoms with Crippen molar-refractivity contribution in [2.45, 2.75) is 73.1 Å². The average Bonchev–Trinajstić information content (AvgIpc) is 2.72. The first-order chi connectivity index (χ1) is 14.3. The largest absolute Gasteiger partial charge is 0.398 e. The van der Waals surface area contributed by atoms with Gasteiger partial charge in [0.2, 0.25) is 0 Å². The second-order valence-electron chi connectivity index (χ2n) is 8.50. The number of anilines is 1. The van der Waals surface area contributed by atoms with Crippen molar-refractivity contribution in [1.82, 2.24) is 0 Å². The predicted molar refractivity (Wildman–Crippen MR) is 126 cm³/mol. The number of nitriles is 1. The highest BCUT2D eigenvalue weighted by Crippen LogP contribution is 2.34. The Morgan fingerprint density at radius 3 is 2.33 bits per heavy atom. The van der Waals surface area contributed by atoms with E-state index in [9.17, 15) is 9.65 Å². The summed E-state index contributed by atoms with van der Waals surface area (Å²) >= 11 is 0. The van der Waals surface area contributed by atoms with Crippen molar-refractivity contribution in [3.05, 3.63) is 69.5 Å². The van der Waals surface area contributed by atoms with Gasteiger partial charge in [0.05, 0.1) is 11.6 Å². The molecule has 160 valence electrons. The van der Waals surface area contributed by atoms with Crippen LogP contribution in [-0.4, -0.2) is 0 Å². The smallest absolute Gasteiger partial charge is 0.131 e. The zero-order valence-electron chi connectivity index (χ0n) is 19.1. The number of nitrogens with two attached hydrogens (primary N) is 1. The van der Waals surface area contributed by atoms with Gasteiger partial charge in [-0.1, -0.05) is 58.1 Å². The van der Waals surface area contributed by atoms with Gasteiger partial charge in [-0.05, 0) is 79.1 Å². The van der Waals surface area contributed by atoms with Crippen molar-refractivity contribution in [2.75, 3.05) is 5.73 Å². The highest BCUT2D eigenvalue weighted by molar-refractivity contribution is 5.85. The van der Waals surface area contributed by atoms with Crippen LogP contribution in [0, 0.1) is 43.8 Å². The number of benzene rings is 2. The van der Waals surface area contributed by atoms with Crippen molar-refractivity contribution >= 4 is 11.3 Å². The molecule has 30 heavy (non-hydrogen) atoms. The average molecular weight is 407 g/mol. The zero-order chi connectivity index (χ0) is 22.3. The zero-order valence-corrected chi connectivity index (χ0v) is 19.1. The number of aryl methyl sites for hydroxylation is 2. The number of halogens is 1. The third-order valence-electron chi connectivity index (χ3n) is 6.01. The first-order valence-electron chi connectivity index (χ1n) is 11.1. The summed E-state index contributed by atoms with van der Waals surface area (Å²) in [5.74, 6) is 0.739. The Hall–Kier alpha value is -2.60. The molecule has 2 nitrogen and oxygen atoms in total. The van der Waals surface area contributed by atoms with Crippen molar-refractivity contribution in [2.24, 2.45) is 5.92 Å². The van der Waals surface area contributed by atoms with Crippen molar-refractivity contribution < 1.29 is 4.39 Å². The Balaban J connectivity index is 0.000000386. The summed E-state index contributed by atoms with van der Waals surface area (Å²) in [5, 5.41) is 9.31. The number of allylic oxidation sites excluding steroid dienone is 1. The molecule has 2 aromatic rings. The fourth-order valence-electron chi connectivity index (χ4n) is 4.15. The first kappa shape index (κ1) is 23.7. The summed E-state index contributed by atoms with van der Waals surface area (Å²) in [6.45, 7) is 10.1. The van der Waals surface area contributed by atoms with E-state index >= 15 is 0 Å². The van der Waals surface area contributed by atoms with Crippen molar-refractivity contribution in [3.63, 3.8) is 0 Å². The molecule has 1 aliphatic carbocycles. The van der Waals surface area contributed by atoms with Crippen LogP contribution in [0.3, 0.4) is 0 Å². The normalized spacial score (nSPS) is 14.6. The molecule has 0 atom stereocenters. The van der Waals surface area contributed by atoms with E-state index in [2.05, 4.69) is 13.0 Å². The van der Waals surface area contributed by atoms with Gasteiger partial charge < -0.3 is 5.73 Å². The number of nitrogens with zero attached hydrogens (tertiary/aromatic N) is 1. The third-order valence-corrected chi connectivity index (χ3v) is 6.01. The fourth-order valence-corrected chi connectivity index (χ4v) is 4.15. The summed E-state index contributed by atoms with van der Waals surface area (Å²) in [6.07, 6.45) is 10.2. The maximum Gasteiger partial charge on any atom is 0.131 e. The van der Waals surface area contributed by atoms with Crippen LogP contribution in [0.15, 0.2) is 30.3 Å². The van der Waals surface area contributed by atoms with Crippen LogP contribution in [0.1, 0.15) is 85.8 Å². The summed E-state index contributed by atoms with van der Waals surface area (Å²) in [6, 6.07) is 9.00. The second kappa shape index (κ2) is 11.0. The number of hydrogen-bond acceptors (Lipinski definition) is 2. The topological polar surface area (TPSA) is 49.8 Å². The Bertz CT molecular complexity index is 944. The molecule has 0 saturated heterocycles. The Labute approximate surface area is 181 Å². The van der Waals surface area contributed by atoms with E-state index in [0.717, 1.165) is 40.2 Å². The van der Waals surface area contributed by atoms with E-state index in [0.29, 0.717) is 16.8 Å². The summed E-state index contributed by atoms with van der Waals surface area (Å²) in [7, 11) is 0. The Morgan fingerprint density at radius 1 is 1.13 bits per heavy atom. The van der Waals surface area contributed by atoms with Crippen LogP contribution in [0.5, 0.6) is 0 Å². The molecule has 2 aromatic carbocycles. The van der Waals surface area contributed by atoms with Gasteiger partial charge in [-0.15, -0.1) is 0 Å². The minimum Gasteiger partial charge on any atom is -0.398 e. The minimum absolute atomic E-state index is 0.296.